The van der Waals surface area contributed by atoms with Crippen LogP contribution in [0.25, 0.3) is 0 Å². The number of hydrogen-bond donors (Lipinski definition) is 2. The van der Waals surface area contributed by atoms with Crippen LogP contribution in [0.5, 0.6) is 0 Å². The Hall–Kier alpha value is -2.32. The van der Waals surface area contributed by atoms with Gasteiger partial charge in [-0.3, -0.25) is 9.69 Å². The topological polar surface area (TPSA) is 83.3 Å². The molecule has 0 spiro atoms. The molecule has 1 saturated heterocycles. The highest BCUT2D eigenvalue weighted by Gasteiger charge is 2.25. The van der Waals surface area contributed by atoms with Crippen molar-refractivity contribution in [2.24, 2.45) is 0 Å². The van der Waals surface area contributed by atoms with E-state index in [2.05, 4.69) is 25.7 Å². The third kappa shape index (κ3) is 4.15. The molecule has 7 nitrogen and oxygen atoms in total. The van der Waals surface area contributed by atoms with E-state index in [0.29, 0.717) is 17.3 Å². The molecule has 8 heteroatoms. The largest absolute Gasteiger partial charge is 0.347 e. The highest BCUT2D eigenvalue weighted by atomic mass is 19.1. The van der Waals surface area contributed by atoms with E-state index in [9.17, 15) is 9.18 Å². The lowest BCUT2D eigenvalue weighted by atomic mass is 10.1. The van der Waals surface area contributed by atoms with Gasteiger partial charge in [-0.1, -0.05) is 17.3 Å². The van der Waals surface area contributed by atoms with Crippen molar-refractivity contribution in [1.82, 2.24) is 25.7 Å². The van der Waals surface area contributed by atoms with Crippen molar-refractivity contribution >= 4 is 5.91 Å². The predicted octanol–water partition coefficient (Wildman–Crippen LogP) is 0.644. The number of likely N-dealkylation sites (N-methyl/N-ethyl adjacent to an activating group) is 1. The Morgan fingerprint density at radius 2 is 2.42 bits per heavy atom. The Labute approximate surface area is 139 Å². The minimum Gasteiger partial charge on any atom is -0.347 e. The standard InChI is InChI=1S/C16H20FN5O2/c1-22-6-5-18-9-13(22)16-20-15(24-21-16)10-19-14(23)8-11-3-2-4-12(17)7-11/h2-4,7,13,18H,5-6,8-10H2,1H3,(H,19,23). The lowest BCUT2D eigenvalue weighted by Crippen LogP contribution is -2.44. The molecule has 1 atom stereocenters. The van der Waals surface area contributed by atoms with E-state index in [-0.39, 0.29) is 30.7 Å². The van der Waals surface area contributed by atoms with E-state index < -0.39 is 0 Å². The molecule has 1 amide bonds. The number of hydrogen-bond acceptors (Lipinski definition) is 6. The minimum absolute atomic E-state index is 0.0687. The van der Waals surface area contributed by atoms with Gasteiger partial charge in [0.1, 0.15) is 5.82 Å². The molecule has 0 bridgehead atoms. The number of nitrogens with one attached hydrogen (secondary N) is 2. The van der Waals surface area contributed by atoms with Crippen LogP contribution in [-0.2, 0) is 17.8 Å². The van der Waals surface area contributed by atoms with E-state index in [1.54, 1.807) is 12.1 Å². The Morgan fingerprint density at radius 3 is 3.21 bits per heavy atom. The summed E-state index contributed by atoms with van der Waals surface area (Å²) < 4.78 is 18.3. The summed E-state index contributed by atoms with van der Waals surface area (Å²) in [5, 5.41) is 9.99. The SMILES string of the molecule is CN1CCNCC1c1noc(CNC(=O)Cc2cccc(F)c2)n1. The number of rotatable bonds is 5. The van der Waals surface area contributed by atoms with Crippen molar-refractivity contribution in [1.29, 1.82) is 0 Å². The number of piperazine rings is 1. The molecular formula is C16H20FN5O2. The van der Waals surface area contributed by atoms with Crippen LogP contribution in [0.3, 0.4) is 0 Å². The van der Waals surface area contributed by atoms with E-state index in [1.807, 2.05) is 7.05 Å². The molecule has 1 aromatic heterocycles. The Kier molecular flexibility index (Phi) is 5.17. The zero-order valence-electron chi connectivity index (χ0n) is 13.5. The summed E-state index contributed by atoms with van der Waals surface area (Å²) in [7, 11) is 2.02. The average Bonchev–Trinajstić information content (AvgIpc) is 3.02. The second-order valence-corrected chi connectivity index (χ2v) is 5.83. The molecule has 0 aliphatic carbocycles. The molecule has 3 rings (SSSR count). The van der Waals surface area contributed by atoms with Crippen LogP contribution < -0.4 is 10.6 Å². The van der Waals surface area contributed by atoms with Crippen molar-refractivity contribution in [2.75, 3.05) is 26.7 Å². The quantitative estimate of drug-likeness (QED) is 0.836. The first-order valence-corrected chi connectivity index (χ1v) is 7.86. The summed E-state index contributed by atoms with van der Waals surface area (Å²) >= 11 is 0. The fourth-order valence-corrected chi connectivity index (χ4v) is 2.64. The number of halogens is 1. The highest BCUT2D eigenvalue weighted by molar-refractivity contribution is 5.78. The summed E-state index contributed by atoms with van der Waals surface area (Å²) in [6, 6.07) is 6.05. The maximum atomic E-state index is 13.1. The van der Waals surface area contributed by atoms with Crippen molar-refractivity contribution in [2.45, 2.75) is 19.0 Å². The molecule has 24 heavy (non-hydrogen) atoms. The Balaban J connectivity index is 1.52. The predicted molar refractivity (Wildman–Crippen MR) is 84.5 cm³/mol. The molecule has 1 fully saturated rings. The van der Waals surface area contributed by atoms with Crippen molar-refractivity contribution in [3.63, 3.8) is 0 Å². The molecule has 2 heterocycles. The van der Waals surface area contributed by atoms with Crippen LogP contribution in [-0.4, -0.2) is 47.6 Å². The fourth-order valence-electron chi connectivity index (χ4n) is 2.64. The first kappa shape index (κ1) is 16.5. The Morgan fingerprint density at radius 1 is 1.54 bits per heavy atom. The summed E-state index contributed by atoms with van der Waals surface area (Å²) in [5.41, 5.74) is 0.619. The van der Waals surface area contributed by atoms with Gasteiger partial charge in [0.2, 0.25) is 11.8 Å². The first-order chi connectivity index (χ1) is 11.6. The van der Waals surface area contributed by atoms with Gasteiger partial charge in [-0.2, -0.15) is 4.98 Å². The van der Waals surface area contributed by atoms with Gasteiger partial charge in [0.25, 0.3) is 0 Å². The molecule has 1 aliphatic heterocycles. The number of benzene rings is 1. The normalized spacial score (nSPS) is 18.5. The van der Waals surface area contributed by atoms with Crippen LogP contribution >= 0.6 is 0 Å². The number of nitrogens with zero attached hydrogens (tertiary/aromatic N) is 3. The molecule has 1 unspecified atom stereocenters. The van der Waals surface area contributed by atoms with E-state index in [1.165, 1.54) is 12.1 Å². The average molecular weight is 333 g/mol. The zero-order chi connectivity index (χ0) is 16.9. The molecule has 0 radical (unpaired) electrons. The molecule has 0 saturated carbocycles. The van der Waals surface area contributed by atoms with Gasteiger partial charge in [0, 0.05) is 19.6 Å². The zero-order valence-corrected chi connectivity index (χ0v) is 13.5. The first-order valence-electron chi connectivity index (χ1n) is 7.86. The van der Waals surface area contributed by atoms with Gasteiger partial charge < -0.3 is 15.2 Å². The van der Waals surface area contributed by atoms with E-state index >= 15 is 0 Å². The maximum absolute atomic E-state index is 13.1. The van der Waals surface area contributed by atoms with Crippen LogP contribution in [0.1, 0.15) is 23.3 Å². The molecule has 2 aromatic rings. The Bertz CT molecular complexity index is 705. The van der Waals surface area contributed by atoms with Gasteiger partial charge >= 0.3 is 0 Å². The highest BCUT2D eigenvalue weighted by Crippen LogP contribution is 2.17. The van der Waals surface area contributed by atoms with Gasteiger partial charge in [-0.15, -0.1) is 0 Å². The van der Waals surface area contributed by atoms with Gasteiger partial charge in [0.05, 0.1) is 19.0 Å². The summed E-state index contributed by atoms with van der Waals surface area (Å²) in [5.74, 6) is 0.388. The minimum atomic E-state index is -0.355. The number of aromatic nitrogens is 2. The number of carbonyl (C=O) groups is 1. The number of amides is 1. The van der Waals surface area contributed by atoms with Gasteiger partial charge in [-0.25, -0.2) is 4.39 Å². The lowest BCUT2D eigenvalue weighted by molar-refractivity contribution is -0.120. The molecule has 1 aliphatic rings. The fraction of sp³-hybridized carbons (Fsp3) is 0.438. The summed E-state index contributed by atoms with van der Waals surface area (Å²) in [4.78, 5) is 18.4. The van der Waals surface area contributed by atoms with Crippen molar-refractivity contribution < 1.29 is 13.7 Å². The number of carbonyl (C=O) groups excluding carboxylic acids is 1. The van der Waals surface area contributed by atoms with Crippen LogP contribution in [0.4, 0.5) is 4.39 Å². The van der Waals surface area contributed by atoms with E-state index in [4.69, 9.17) is 4.52 Å². The molecular weight excluding hydrogens is 313 g/mol. The third-order valence-electron chi connectivity index (χ3n) is 3.98. The smallest absolute Gasteiger partial charge is 0.246 e. The second kappa shape index (κ2) is 7.50. The van der Waals surface area contributed by atoms with Crippen molar-refractivity contribution in [3.05, 3.63) is 47.4 Å². The van der Waals surface area contributed by atoms with Gasteiger partial charge in [0.15, 0.2) is 5.82 Å². The second-order valence-electron chi connectivity index (χ2n) is 5.83. The summed E-state index contributed by atoms with van der Waals surface area (Å²) in [6.07, 6.45) is 0.105. The van der Waals surface area contributed by atoms with Gasteiger partial charge in [-0.05, 0) is 24.7 Å². The molecule has 128 valence electrons. The van der Waals surface area contributed by atoms with Crippen molar-refractivity contribution in [3.8, 4) is 0 Å². The van der Waals surface area contributed by atoms with Crippen LogP contribution in [0.2, 0.25) is 0 Å². The maximum Gasteiger partial charge on any atom is 0.246 e. The third-order valence-corrected chi connectivity index (χ3v) is 3.98. The molecule has 2 N–H and O–H groups in total. The van der Waals surface area contributed by atoms with Crippen LogP contribution in [0.15, 0.2) is 28.8 Å². The summed E-state index contributed by atoms with van der Waals surface area (Å²) in [6.45, 7) is 2.78. The molecule has 1 aromatic carbocycles. The monoisotopic (exact) mass is 333 g/mol. The van der Waals surface area contributed by atoms with Crippen LogP contribution in [0, 0.1) is 5.82 Å². The lowest BCUT2D eigenvalue weighted by Gasteiger charge is -2.30. The van der Waals surface area contributed by atoms with E-state index in [0.717, 1.165) is 19.6 Å².